The summed E-state index contributed by atoms with van der Waals surface area (Å²) in [6, 6.07) is 0. The Balaban J connectivity index is 4.71. The second-order valence-corrected chi connectivity index (χ2v) is 2.65. The van der Waals surface area contributed by atoms with Crippen LogP contribution in [-0.4, -0.2) is 36.6 Å². The number of esters is 1. The van der Waals surface area contributed by atoms with Gasteiger partial charge in [-0.2, -0.15) is 0 Å². The van der Waals surface area contributed by atoms with Crippen LogP contribution in [0.5, 0.6) is 0 Å². The summed E-state index contributed by atoms with van der Waals surface area (Å²) in [6.07, 6.45) is 1.47. The first kappa shape index (κ1) is 11.6. The van der Waals surface area contributed by atoms with Crippen molar-refractivity contribution in [2.45, 2.75) is 13.8 Å². The van der Waals surface area contributed by atoms with Gasteiger partial charge in [-0.15, -0.1) is 0 Å². The fourth-order valence-corrected chi connectivity index (χ4v) is 0.732. The first-order chi connectivity index (χ1) is 5.99. The molecular weight excluding hydrogens is 168 g/mol. The molecule has 0 aliphatic heterocycles. The van der Waals surface area contributed by atoms with Gasteiger partial charge in [-0.05, 0) is 13.8 Å². The van der Waals surface area contributed by atoms with Crippen LogP contribution in [-0.2, 0) is 9.53 Å². The fourth-order valence-electron chi connectivity index (χ4n) is 0.732. The van der Waals surface area contributed by atoms with Crippen LogP contribution >= 0.6 is 0 Å². The molecule has 0 aromatic rings. The lowest BCUT2D eigenvalue weighted by Crippen LogP contribution is -2.15. The zero-order valence-corrected chi connectivity index (χ0v) is 8.26. The van der Waals surface area contributed by atoms with Gasteiger partial charge in [-0.3, -0.25) is 0 Å². The standard InChI is InChI=1S/C9H15N2O2/c1-5-13-9(12)8(7(2)10)6-11(3)4/h6,10H,3,5H2,1-2,4H3/q+1/b8-6-,10-7?. The van der Waals surface area contributed by atoms with Crippen LogP contribution in [0.4, 0.5) is 0 Å². The van der Waals surface area contributed by atoms with Crippen molar-refractivity contribution in [1.29, 1.82) is 5.41 Å². The molecule has 0 saturated carbocycles. The summed E-state index contributed by atoms with van der Waals surface area (Å²) in [5.41, 5.74) is 0.410. The number of carbonyl (C=O) groups excluding carboxylic acids is 1. The quantitative estimate of drug-likeness (QED) is 0.303. The summed E-state index contributed by atoms with van der Waals surface area (Å²) < 4.78 is 6.23. The average Bonchev–Trinajstić information content (AvgIpc) is 1.99. The Kier molecular flexibility index (Phi) is 4.66. The topological polar surface area (TPSA) is 53.2 Å². The molecule has 0 unspecified atom stereocenters. The molecular formula is C9H15N2O2+. The zero-order valence-electron chi connectivity index (χ0n) is 8.26. The Morgan fingerprint density at radius 1 is 1.69 bits per heavy atom. The minimum absolute atomic E-state index is 0.175. The third-order valence-corrected chi connectivity index (χ3v) is 1.25. The van der Waals surface area contributed by atoms with Crippen LogP contribution in [0.2, 0.25) is 0 Å². The summed E-state index contributed by atoms with van der Waals surface area (Å²) in [5.74, 6) is -0.481. The van der Waals surface area contributed by atoms with Gasteiger partial charge in [0.05, 0.1) is 6.61 Å². The molecule has 0 spiro atoms. The molecule has 0 radical (unpaired) electrons. The van der Waals surface area contributed by atoms with E-state index in [2.05, 4.69) is 6.72 Å². The van der Waals surface area contributed by atoms with Gasteiger partial charge in [0, 0.05) is 5.71 Å². The highest BCUT2D eigenvalue weighted by Crippen LogP contribution is 2.00. The van der Waals surface area contributed by atoms with Gasteiger partial charge in [0.15, 0.2) is 6.20 Å². The van der Waals surface area contributed by atoms with Gasteiger partial charge < -0.3 is 10.1 Å². The lowest BCUT2D eigenvalue weighted by atomic mass is 10.2. The van der Waals surface area contributed by atoms with Gasteiger partial charge in [-0.25, -0.2) is 9.37 Å². The molecule has 0 aromatic carbocycles. The van der Waals surface area contributed by atoms with Crippen molar-refractivity contribution in [2.24, 2.45) is 0 Å². The fraction of sp³-hybridized carbons (Fsp3) is 0.444. The van der Waals surface area contributed by atoms with E-state index in [1.165, 1.54) is 17.7 Å². The maximum absolute atomic E-state index is 11.2. The molecule has 13 heavy (non-hydrogen) atoms. The van der Waals surface area contributed by atoms with Crippen molar-refractivity contribution in [1.82, 2.24) is 0 Å². The van der Waals surface area contributed by atoms with E-state index in [4.69, 9.17) is 10.1 Å². The molecule has 4 nitrogen and oxygen atoms in total. The highest BCUT2D eigenvalue weighted by molar-refractivity contribution is 6.17. The van der Waals surface area contributed by atoms with E-state index in [1.54, 1.807) is 14.0 Å². The molecule has 0 heterocycles. The smallest absolute Gasteiger partial charge is 0.346 e. The predicted octanol–water partition coefficient (Wildman–Crippen LogP) is 0.816. The first-order valence-corrected chi connectivity index (χ1v) is 3.96. The molecule has 0 amide bonds. The highest BCUT2D eigenvalue weighted by atomic mass is 16.5. The lowest BCUT2D eigenvalue weighted by molar-refractivity contribution is -0.412. The van der Waals surface area contributed by atoms with Crippen molar-refractivity contribution < 1.29 is 14.1 Å². The Hall–Kier alpha value is -1.45. The monoisotopic (exact) mass is 183 g/mol. The lowest BCUT2D eigenvalue weighted by Gasteiger charge is -2.02. The number of hydrogen-bond acceptors (Lipinski definition) is 3. The van der Waals surface area contributed by atoms with Crippen LogP contribution in [0.3, 0.4) is 0 Å². The Morgan fingerprint density at radius 3 is 2.54 bits per heavy atom. The van der Waals surface area contributed by atoms with Crippen molar-refractivity contribution in [3.8, 4) is 0 Å². The summed E-state index contributed by atoms with van der Waals surface area (Å²) in [5, 5.41) is 7.33. The number of hydrogen-bond donors (Lipinski definition) is 1. The minimum Gasteiger partial charge on any atom is -0.462 e. The molecule has 0 atom stereocenters. The van der Waals surface area contributed by atoms with Gasteiger partial charge in [0.25, 0.3) is 0 Å². The SMILES string of the molecule is C=[N+](C)/C=C(/C(C)=N)C(=O)OCC. The largest absolute Gasteiger partial charge is 0.462 e. The summed E-state index contributed by atoms with van der Waals surface area (Å²) >= 11 is 0. The molecule has 0 aliphatic rings. The molecule has 0 fully saturated rings. The molecule has 0 saturated heterocycles. The molecule has 0 aliphatic carbocycles. The number of ether oxygens (including phenoxy) is 1. The number of nitrogens with one attached hydrogen (secondary N) is 1. The van der Waals surface area contributed by atoms with Crippen molar-refractivity contribution in [3.63, 3.8) is 0 Å². The average molecular weight is 183 g/mol. The van der Waals surface area contributed by atoms with Gasteiger partial charge >= 0.3 is 5.97 Å². The van der Waals surface area contributed by atoms with Crippen LogP contribution in [0.25, 0.3) is 0 Å². The minimum atomic E-state index is -0.481. The third-order valence-electron chi connectivity index (χ3n) is 1.25. The van der Waals surface area contributed by atoms with Crippen LogP contribution in [0.15, 0.2) is 11.8 Å². The normalized spacial score (nSPS) is 10.8. The number of nitrogens with zero attached hydrogens (tertiary/aromatic N) is 1. The van der Waals surface area contributed by atoms with Gasteiger partial charge in [-0.1, -0.05) is 0 Å². The van der Waals surface area contributed by atoms with E-state index >= 15 is 0 Å². The Morgan fingerprint density at radius 2 is 2.23 bits per heavy atom. The summed E-state index contributed by atoms with van der Waals surface area (Å²) in [7, 11) is 1.68. The van der Waals surface area contributed by atoms with Gasteiger partial charge in [0.1, 0.15) is 19.3 Å². The summed E-state index contributed by atoms with van der Waals surface area (Å²) in [6.45, 7) is 7.12. The molecule has 4 heteroatoms. The number of rotatable bonds is 4. The second-order valence-electron chi connectivity index (χ2n) is 2.65. The zero-order chi connectivity index (χ0) is 10.4. The van der Waals surface area contributed by atoms with E-state index in [0.717, 1.165) is 0 Å². The van der Waals surface area contributed by atoms with Gasteiger partial charge in [0.2, 0.25) is 0 Å². The van der Waals surface area contributed by atoms with E-state index < -0.39 is 5.97 Å². The number of carbonyl (C=O) groups is 1. The van der Waals surface area contributed by atoms with E-state index in [1.807, 2.05) is 0 Å². The van der Waals surface area contributed by atoms with E-state index in [0.29, 0.717) is 6.61 Å². The highest BCUT2D eigenvalue weighted by Gasteiger charge is 2.15. The van der Waals surface area contributed by atoms with Crippen LogP contribution in [0, 0.1) is 5.41 Å². The van der Waals surface area contributed by atoms with Crippen LogP contribution < -0.4 is 0 Å². The van der Waals surface area contributed by atoms with Crippen molar-refractivity contribution in [2.75, 3.05) is 13.7 Å². The third kappa shape index (κ3) is 4.20. The molecule has 0 aromatic heterocycles. The van der Waals surface area contributed by atoms with E-state index in [-0.39, 0.29) is 11.3 Å². The molecule has 0 bridgehead atoms. The first-order valence-electron chi connectivity index (χ1n) is 3.96. The molecule has 0 rings (SSSR count). The van der Waals surface area contributed by atoms with Crippen LogP contribution in [0.1, 0.15) is 13.8 Å². The van der Waals surface area contributed by atoms with E-state index in [9.17, 15) is 4.79 Å². The molecule has 1 N–H and O–H groups in total. The summed E-state index contributed by atoms with van der Waals surface area (Å²) in [4.78, 5) is 11.2. The predicted molar refractivity (Wildman–Crippen MR) is 51.4 cm³/mol. The Bertz CT molecular complexity index is 267. The van der Waals surface area contributed by atoms with Crippen molar-refractivity contribution in [3.05, 3.63) is 11.8 Å². The second kappa shape index (κ2) is 5.24. The Labute approximate surface area is 78.0 Å². The maximum Gasteiger partial charge on any atom is 0.346 e. The molecule has 72 valence electrons. The maximum atomic E-state index is 11.2. The van der Waals surface area contributed by atoms with Crippen molar-refractivity contribution >= 4 is 18.4 Å².